The van der Waals surface area contributed by atoms with Gasteiger partial charge in [0.25, 0.3) is 0 Å². The molecule has 0 saturated heterocycles. The van der Waals surface area contributed by atoms with Crippen LogP contribution in [-0.4, -0.2) is 51.6 Å². The predicted octanol–water partition coefficient (Wildman–Crippen LogP) is -1.96. The first-order chi connectivity index (χ1) is 5.60. The summed E-state index contributed by atoms with van der Waals surface area (Å²) in [6.45, 7) is -0.943. The maximum atomic E-state index is 10.8. The second-order valence-corrected chi connectivity index (χ2v) is 2.62. The van der Waals surface area contributed by atoms with Crippen molar-refractivity contribution in [3.63, 3.8) is 0 Å². The number of rotatable bonds is 6. The molecule has 0 aliphatic rings. The van der Waals surface area contributed by atoms with Crippen LogP contribution in [0.2, 0.25) is 0 Å². The van der Waals surface area contributed by atoms with E-state index in [1.54, 1.807) is 0 Å². The number of hydrogen-bond donors (Lipinski definition) is 4. The summed E-state index contributed by atoms with van der Waals surface area (Å²) < 4.78 is 0. The molecule has 0 heterocycles. The van der Waals surface area contributed by atoms with Gasteiger partial charge in [0.15, 0.2) is 0 Å². The fourth-order valence-electron chi connectivity index (χ4n) is 0.738. The molecule has 0 aromatic carbocycles. The Morgan fingerprint density at radius 2 is 1.33 bits per heavy atom. The minimum absolute atomic E-state index is 0.187. The summed E-state index contributed by atoms with van der Waals surface area (Å²) in [5.74, 6) is -0.377. The second kappa shape index (κ2) is 6.07. The zero-order valence-corrected chi connectivity index (χ0v) is 6.68. The van der Waals surface area contributed by atoms with Gasteiger partial charge in [-0.1, -0.05) is 0 Å². The lowest BCUT2D eigenvalue weighted by Gasteiger charge is -2.08. The lowest BCUT2D eigenvalue weighted by Crippen LogP contribution is -2.22. The molecule has 0 aliphatic carbocycles. The smallest absolute Gasteiger partial charge is 0.138 e. The van der Waals surface area contributed by atoms with Gasteiger partial charge in [-0.25, -0.2) is 0 Å². The molecule has 2 atom stereocenters. The average molecular weight is 178 g/mol. The summed E-state index contributed by atoms with van der Waals surface area (Å²) in [5.41, 5.74) is 0. The van der Waals surface area contributed by atoms with E-state index in [0.29, 0.717) is 0 Å². The van der Waals surface area contributed by atoms with Gasteiger partial charge in [0.1, 0.15) is 5.78 Å². The summed E-state index contributed by atoms with van der Waals surface area (Å²) in [4.78, 5) is 10.8. The van der Waals surface area contributed by atoms with Crippen molar-refractivity contribution in [3.05, 3.63) is 0 Å². The number of aliphatic hydroxyl groups excluding tert-OH is 4. The molecule has 0 spiro atoms. The summed E-state index contributed by atoms with van der Waals surface area (Å²) in [6, 6.07) is 0. The standard InChI is InChI=1S/C7H14O5/c8-3-6(11)1-5(10)2-7(12)4-9/h6-9,11-12H,1-4H2. The lowest BCUT2D eigenvalue weighted by molar-refractivity contribution is -0.123. The maximum absolute atomic E-state index is 10.8. The normalized spacial score (nSPS) is 15.7. The van der Waals surface area contributed by atoms with E-state index in [9.17, 15) is 4.79 Å². The van der Waals surface area contributed by atoms with Crippen molar-refractivity contribution in [1.29, 1.82) is 0 Å². The van der Waals surface area contributed by atoms with Crippen molar-refractivity contribution >= 4 is 5.78 Å². The van der Waals surface area contributed by atoms with Gasteiger partial charge < -0.3 is 20.4 Å². The number of aliphatic hydroxyl groups is 4. The quantitative estimate of drug-likeness (QED) is 0.378. The summed E-state index contributed by atoms with van der Waals surface area (Å²) >= 11 is 0. The maximum Gasteiger partial charge on any atom is 0.138 e. The van der Waals surface area contributed by atoms with E-state index in [4.69, 9.17) is 20.4 Å². The number of carbonyl (C=O) groups excluding carboxylic acids is 1. The van der Waals surface area contributed by atoms with Crippen LogP contribution in [0.3, 0.4) is 0 Å². The van der Waals surface area contributed by atoms with Gasteiger partial charge in [-0.2, -0.15) is 0 Å². The van der Waals surface area contributed by atoms with Crippen molar-refractivity contribution in [3.8, 4) is 0 Å². The van der Waals surface area contributed by atoms with E-state index in [1.165, 1.54) is 0 Å². The first kappa shape index (κ1) is 11.5. The van der Waals surface area contributed by atoms with Gasteiger partial charge >= 0.3 is 0 Å². The zero-order valence-electron chi connectivity index (χ0n) is 6.68. The molecule has 0 saturated carbocycles. The SMILES string of the molecule is O=C(CC(O)CO)CC(O)CO. The van der Waals surface area contributed by atoms with Gasteiger partial charge in [0.05, 0.1) is 25.4 Å². The number of Topliss-reactive ketones (excluding diaryl/α,β-unsaturated/α-hetero) is 1. The third-order valence-electron chi connectivity index (χ3n) is 1.35. The Hall–Kier alpha value is -0.490. The molecule has 2 unspecified atom stereocenters. The molecule has 0 aliphatic heterocycles. The monoisotopic (exact) mass is 178 g/mol. The fourth-order valence-corrected chi connectivity index (χ4v) is 0.738. The van der Waals surface area contributed by atoms with Crippen LogP contribution < -0.4 is 0 Å². The second-order valence-electron chi connectivity index (χ2n) is 2.62. The molecule has 0 rings (SSSR count). The number of hydrogen-bond acceptors (Lipinski definition) is 5. The van der Waals surface area contributed by atoms with Gasteiger partial charge in [-0.05, 0) is 0 Å². The molecule has 12 heavy (non-hydrogen) atoms. The molecule has 0 fully saturated rings. The van der Waals surface area contributed by atoms with Gasteiger partial charge in [0.2, 0.25) is 0 Å². The largest absolute Gasteiger partial charge is 0.394 e. The van der Waals surface area contributed by atoms with Gasteiger partial charge in [0, 0.05) is 12.8 Å². The van der Waals surface area contributed by atoms with Crippen LogP contribution in [0.5, 0.6) is 0 Å². The van der Waals surface area contributed by atoms with Crippen molar-refractivity contribution < 1.29 is 25.2 Å². The molecule has 0 bridgehead atoms. The Labute approximate surface area is 70.3 Å². The number of ketones is 1. The highest BCUT2D eigenvalue weighted by Gasteiger charge is 2.13. The molecule has 0 aromatic rings. The topological polar surface area (TPSA) is 98.0 Å². The number of carbonyl (C=O) groups is 1. The molecule has 5 nitrogen and oxygen atoms in total. The van der Waals surface area contributed by atoms with Crippen LogP contribution in [0.4, 0.5) is 0 Å². The Bertz CT molecular complexity index is 122. The Kier molecular flexibility index (Phi) is 5.83. The minimum Gasteiger partial charge on any atom is -0.394 e. The van der Waals surface area contributed by atoms with Gasteiger partial charge in [-0.3, -0.25) is 4.79 Å². The van der Waals surface area contributed by atoms with E-state index < -0.39 is 25.4 Å². The molecule has 4 N–H and O–H groups in total. The van der Waals surface area contributed by atoms with E-state index in [0.717, 1.165) is 0 Å². The first-order valence-electron chi connectivity index (χ1n) is 3.69. The first-order valence-corrected chi connectivity index (χ1v) is 3.69. The van der Waals surface area contributed by atoms with Crippen LogP contribution in [0, 0.1) is 0 Å². The predicted molar refractivity (Wildman–Crippen MR) is 40.4 cm³/mol. The third kappa shape index (κ3) is 5.20. The third-order valence-corrected chi connectivity index (χ3v) is 1.35. The summed E-state index contributed by atoms with van der Waals surface area (Å²) in [7, 11) is 0. The van der Waals surface area contributed by atoms with E-state index in [2.05, 4.69) is 0 Å². The highest BCUT2D eigenvalue weighted by Crippen LogP contribution is 1.99. The molecule has 0 radical (unpaired) electrons. The summed E-state index contributed by atoms with van der Waals surface area (Å²) in [6.07, 6.45) is -2.51. The van der Waals surface area contributed by atoms with Crippen LogP contribution >= 0.6 is 0 Å². The highest BCUT2D eigenvalue weighted by atomic mass is 16.3. The van der Waals surface area contributed by atoms with Crippen molar-refractivity contribution in [1.82, 2.24) is 0 Å². The molecule has 5 heteroatoms. The fraction of sp³-hybridized carbons (Fsp3) is 0.857. The van der Waals surface area contributed by atoms with Gasteiger partial charge in [-0.15, -0.1) is 0 Å². The molecule has 0 amide bonds. The van der Waals surface area contributed by atoms with Crippen molar-refractivity contribution in [2.75, 3.05) is 13.2 Å². The van der Waals surface area contributed by atoms with E-state index in [1.807, 2.05) is 0 Å². The highest BCUT2D eigenvalue weighted by molar-refractivity contribution is 5.79. The Balaban J connectivity index is 3.59. The van der Waals surface area contributed by atoms with E-state index in [-0.39, 0.29) is 18.6 Å². The Morgan fingerprint density at radius 1 is 1.00 bits per heavy atom. The average Bonchev–Trinajstić information content (AvgIpc) is 2.03. The van der Waals surface area contributed by atoms with Crippen molar-refractivity contribution in [2.24, 2.45) is 0 Å². The minimum atomic E-state index is -1.07. The lowest BCUT2D eigenvalue weighted by atomic mass is 10.1. The van der Waals surface area contributed by atoms with Crippen LogP contribution in [0.15, 0.2) is 0 Å². The molecule has 72 valence electrons. The zero-order chi connectivity index (χ0) is 9.56. The Morgan fingerprint density at radius 3 is 1.58 bits per heavy atom. The molecular weight excluding hydrogens is 164 g/mol. The molecular formula is C7H14O5. The van der Waals surface area contributed by atoms with Crippen molar-refractivity contribution in [2.45, 2.75) is 25.0 Å². The summed E-state index contributed by atoms with van der Waals surface area (Å²) in [5, 5.41) is 34.3. The van der Waals surface area contributed by atoms with Crippen LogP contribution in [0.25, 0.3) is 0 Å². The van der Waals surface area contributed by atoms with Crippen LogP contribution in [-0.2, 0) is 4.79 Å². The van der Waals surface area contributed by atoms with E-state index >= 15 is 0 Å². The van der Waals surface area contributed by atoms with Crippen LogP contribution in [0.1, 0.15) is 12.8 Å². The molecule has 0 aromatic heterocycles.